The van der Waals surface area contributed by atoms with Crippen molar-refractivity contribution in [2.45, 2.75) is 36.3 Å². The van der Waals surface area contributed by atoms with Crippen LogP contribution in [0.25, 0.3) is 0 Å². The quantitative estimate of drug-likeness (QED) is 0.561. The summed E-state index contributed by atoms with van der Waals surface area (Å²) in [4.78, 5) is 6.86. The smallest absolute Gasteiger partial charge is 0.431 e. The van der Waals surface area contributed by atoms with E-state index < -0.39 is 53.3 Å². The molecule has 4 nitrogen and oxygen atoms in total. The molecule has 1 atom stereocenters. The number of nitrogens with zero attached hydrogens (tertiary/aromatic N) is 3. The van der Waals surface area contributed by atoms with Crippen LogP contribution in [0.5, 0.6) is 5.75 Å². The highest BCUT2D eigenvalue weighted by atomic mass is 32.2. The lowest BCUT2D eigenvalue weighted by Crippen LogP contribution is -2.26. The highest BCUT2D eigenvalue weighted by Crippen LogP contribution is 2.42. The van der Waals surface area contributed by atoms with Gasteiger partial charge in [-0.05, 0) is 12.5 Å². The Morgan fingerprint density at radius 3 is 2.45 bits per heavy atom. The molecule has 14 heteroatoms. The Balaban J connectivity index is 2.16. The standard InChI is InChI=1S/C17H12F9N3OS/c1-29-6-7(16(21,22)23)4-10(30-15(19)20)14(29)28-9-2-3-31-12-8(9)5-27-13(11(12)18)17(24,25)26/h4-6,9,15H,2-3H2,1H3. The van der Waals surface area contributed by atoms with Crippen LogP contribution in [0.15, 0.2) is 28.3 Å². The zero-order valence-electron chi connectivity index (χ0n) is 15.4. The van der Waals surface area contributed by atoms with E-state index in [-0.39, 0.29) is 22.6 Å². The van der Waals surface area contributed by atoms with Crippen molar-refractivity contribution in [2.24, 2.45) is 12.0 Å². The first kappa shape index (κ1) is 23.3. The number of thioether (sulfide) groups is 1. The van der Waals surface area contributed by atoms with Gasteiger partial charge in [0.1, 0.15) is 0 Å². The number of ether oxygens (including phenoxy) is 1. The number of aromatic nitrogens is 2. The molecule has 0 spiro atoms. The molecule has 0 saturated heterocycles. The zero-order chi connectivity index (χ0) is 23.1. The molecule has 0 aliphatic carbocycles. The third kappa shape index (κ3) is 4.93. The molecule has 3 rings (SSSR count). The van der Waals surface area contributed by atoms with Gasteiger partial charge in [0.05, 0.1) is 16.5 Å². The van der Waals surface area contributed by atoms with Crippen LogP contribution in [0.1, 0.15) is 29.3 Å². The van der Waals surface area contributed by atoms with Gasteiger partial charge < -0.3 is 9.30 Å². The minimum atomic E-state index is -5.03. The first-order valence-corrected chi connectivity index (χ1v) is 9.42. The van der Waals surface area contributed by atoms with E-state index in [9.17, 15) is 39.5 Å². The van der Waals surface area contributed by atoms with Crippen LogP contribution in [0, 0.1) is 5.82 Å². The molecule has 0 radical (unpaired) electrons. The summed E-state index contributed by atoms with van der Waals surface area (Å²) in [5.74, 6) is -2.34. The molecule has 0 saturated carbocycles. The SMILES string of the molecule is Cn1cc(C(F)(F)F)cc(OC(F)F)c1=NC1CCSc2c1cnc(C(F)(F)F)c2F. The zero-order valence-corrected chi connectivity index (χ0v) is 16.2. The third-order valence-corrected chi connectivity index (χ3v) is 5.41. The van der Waals surface area contributed by atoms with Crippen molar-refractivity contribution in [3.8, 4) is 5.75 Å². The van der Waals surface area contributed by atoms with E-state index in [0.29, 0.717) is 12.3 Å². The molecule has 1 aliphatic rings. The maximum absolute atomic E-state index is 14.4. The first-order chi connectivity index (χ1) is 14.3. The molecule has 3 heterocycles. The lowest BCUT2D eigenvalue weighted by Gasteiger charge is -2.24. The second-order valence-electron chi connectivity index (χ2n) is 6.39. The van der Waals surface area contributed by atoms with Gasteiger partial charge in [-0.15, -0.1) is 11.8 Å². The van der Waals surface area contributed by atoms with Gasteiger partial charge in [0.2, 0.25) is 0 Å². The molecular formula is C17H12F9N3OS. The number of hydrogen-bond acceptors (Lipinski definition) is 4. The molecule has 2 aromatic rings. The highest BCUT2D eigenvalue weighted by molar-refractivity contribution is 7.99. The Labute approximate surface area is 172 Å². The van der Waals surface area contributed by atoms with Crippen molar-refractivity contribution >= 4 is 11.8 Å². The molecule has 0 amide bonds. The third-order valence-electron chi connectivity index (χ3n) is 4.26. The van der Waals surface area contributed by atoms with Gasteiger partial charge in [-0.2, -0.15) is 35.1 Å². The van der Waals surface area contributed by atoms with Crippen LogP contribution in [0.2, 0.25) is 0 Å². The van der Waals surface area contributed by atoms with Crippen LogP contribution in [-0.2, 0) is 19.4 Å². The normalized spacial score (nSPS) is 17.8. The van der Waals surface area contributed by atoms with Gasteiger partial charge in [-0.25, -0.2) is 9.37 Å². The molecular weight excluding hydrogens is 465 g/mol. The second kappa shape index (κ2) is 8.28. The van der Waals surface area contributed by atoms with E-state index in [2.05, 4.69) is 14.7 Å². The average Bonchev–Trinajstić information content (AvgIpc) is 2.62. The summed E-state index contributed by atoms with van der Waals surface area (Å²) < 4.78 is 123. The van der Waals surface area contributed by atoms with E-state index in [1.807, 2.05) is 0 Å². The molecule has 0 N–H and O–H groups in total. The van der Waals surface area contributed by atoms with E-state index in [0.717, 1.165) is 29.6 Å². The predicted molar refractivity (Wildman–Crippen MR) is 89.9 cm³/mol. The fourth-order valence-electron chi connectivity index (χ4n) is 2.95. The Morgan fingerprint density at radius 2 is 1.87 bits per heavy atom. The number of aryl methyl sites for hydroxylation is 1. The Hall–Kier alpha value is -2.38. The van der Waals surface area contributed by atoms with E-state index in [1.54, 1.807) is 0 Å². The predicted octanol–water partition coefficient (Wildman–Crippen LogP) is 5.34. The lowest BCUT2D eigenvalue weighted by molar-refractivity contribution is -0.144. The fraction of sp³-hybridized carbons (Fsp3) is 0.412. The molecule has 0 fully saturated rings. The van der Waals surface area contributed by atoms with Crippen LogP contribution in [-0.4, -0.2) is 21.9 Å². The molecule has 31 heavy (non-hydrogen) atoms. The number of halogens is 9. The molecule has 2 aromatic heterocycles. The van der Waals surface area contributed by atoms with Crippen molar-refractivity contribution in [3.05, 3.63) is 46.6 Å². The first-order valence-electron chi connectivity index (χ1n) is 8.44. The largest absolute Gasteiger partial charge is 0.436 e. The van der Waals surface area contributed by atoms with Gasteiger partial charge in [0, 0.05) is 30.8 Å². The van der Waals surface area contributed by atoms with Gasteiger partial charge in [-0.1, -0.05) is 0 Å². The summed E-state index contributed by atoms with van der Waals surface area (Å²) >= 11 is 0.803. The number of alkyl halides is 8. The highest BCUT2D eigenvalue weighted by Gasteiger charge is 2.39. The molecule has 0 aromatic carbocycles. The van der Waals surface area contributed by atoms with Gasteiger partial charge in [0.25, 0.3) is 0 Å². The van der Waals surface area contributed by atoms with Crippen LogP contribution < -0.4 is 10.2 Å². The van der Waals surface area contributed by atoms with Crippen molar-refractivity contribution in [1.82, 2.24) is 9.55 Å². The van der Waals surface area contributed by atoms with E-state index in [1.165, 1.54) is 0 Å². The molecule has 0 bridgehead atoms. The average molecular weight is 477 g/mol. The lowest BCUT2D eigenvalue weighted by atomic mass is 10.1. The maximum atomic E-state index is 14.4. The van der Waals surface area contributed by atoms with Crippen molar-refractivity contribution in [1.29, 1.82) is 0 Å². The minimum Gasteiger partial charge on any atom is -0.431 e. The summed E-state index contributed by atoms with van der Waals surface area (Å²) in [6.07, 6.45) is -8.35. The van der Waals surface area contributed by atoms with Crippen LogP contribution >= 0.6 is 11.8 Å². The fourth-order valence-corrected chi connectivity index (χ4v) is 4.08. The maximum Gasteiger partial charge on any atom is 0.436 e. The summed E-state index contributed by atoms with van der Waals surface area (Å²) in [5, 5.41) is 0. The number of rotatable bonds is 3. The van der Waals surface area contributed by atoms with Crippen LogP contribution in [0.3, 0.4) is 0 Å². The Morgan fingerprint density at radius 1 is 1.19 bits per heavy atom. The summed E-state index contributed by atoms with van der Waals surface area (Å²) in [6, 6.07) is -0.696. The summed E-state index contributed by atoms with van der Waals surface area (Å²) in [5.41, 5.74) is -3.44. The topological polar surface area (TPSA) is 39.4 Å². The monoisotopic (exact) mass is 477 g/mol. The molecule has 170 valence electrons. The van der Waals surface area contributed by atoms with Crippen molar-refractivity contribution in [2.75, 3.05) is 5.75 Å². The second-order valence-corrected chi connectivity index (χ2v) is 7.49. The molecule has 1 aliphatic heterocycles. The van der Waals surface area contributed by atoms with Crippen LogP contribution in [0.4, 0.5) is 39.5 Å². The number of pyridine rings is 2. The minimum absolute atomic E-state index is 0.0374. The Bertz CT molecular complexity index is 1050. The Kier molecular flexibility index (Phi) is 6.22. The number of hydrogen-bond donors (Lipinski definition) is 0. The van der Waals surface area contributed by atoms with Crippen molar-refractivity contribution in [3.63, 3.8) is 0 Å². The summed E-state index contributed by atoms with van der Waals surface area (Å²) in [6.45, 7) is -3.46. The van der Waals surface area contributed by atoms with Gasteiger partial charge in [0.15, 0.2) is 22.7 Å². The van der Waals surface area contributed by atoms with E-state index >= 15 is 0 Å². The van der Waals surface area contributed by atoms with Gasteiger partial charge in [-0.3, -0.25) is 4.99 Å². The number of fused-ring (bicyclic) bond motifs is 1. The summed E-state index contributed by atoms with van der Waals surface area (Å²) in [7, 11) is 1.11. The van der Waals surface area contributed by atoms with E-state index in [4.69, 9.17) is 0 Å². The van der Waals surface area contributed by atoms with Gasteiger partial charge >= 0.3 is 19.0 Å². The van der Waals surface area contributed by atoms with Crippen molar-refractivity contribution < 1.29 is 44.3 Å². The molecule has 1 unspecified atom stereocenters.